The number of hydrogen-bond donors (Lipinski definition) is 3. The maximum Gasteiger partial charge on any atom is 0.332 e. The van der Waals surface area contributed by atoms with Gasteiger partial charge in [0.2, 0.25) is 5.88 Å². The molecule has 0 bridgehead atoms. The van der Waals surface area contributed by atoms with Gasteiger partial charge in [-0.25, -0.2) is 4.79 Å². The van der Waals surface area contributed by atoms with Gasteiger partial charge in [-0.3, -0.25) is 18.5 Å². The third-order valence-corrected chi connectivity index (χ3v) is 6.05. The molecular weight excluding hydrogens is 478 g/mol. The van der Waals surface area contributed by atoms with Crippen LogP contribution in [0.2, 0.25) is 0 Å². The quantitative estimate of drug-likeness (QED) is 0.291. The highest BCUT2D eigenvalue weighted by molar-refractivity contribution is 5.94. The highest BCUT2D eigenvalue weighted by Crippen LogP contribution is 2.36. The fourth-order valence-electron chi connectivity index (χ4n) is 4.15. The summed E-state index contributed by atoms with van der Waals surface area (Å²) in [7, 11) is 2.86. The second kappa shape index (κ2) is 9.39. The summed E-state index contributed by atoms with van der Waals surface area (Å²) in [6, 6.07) is 14.6. The van der Waals surface area contributed by atoms with Gasteiger partial charge in [0.1, 0.15) is 18.5 Å². The number of fused-ring (bicyclic) bond motifs is 2. The van der Waals surface area contributed by atoms with Crippen LogP contribution in [0.1, 0.15) is 5.56 Å². The molecule has 5 aromatic rings. The molecule has 0 spiro atoms. The number of aryl methyl sites for hydroxylation is 2. The first-order chi connectivity index (χ1) is 17.7. The number of azo groups is 1. The molecule has 0 amide bonds. The fourth-order valence-corrected chi connectivity index (χ4v) is 4.15. The molecule has 0 aliphatic carbocycles. The summed E-state index contributed by atoms with van der Waals surface area (Å²) >= 11 is 0. The smallest absolute Gasteiger partial charge is 0.332 e. The Labute approximate surface area is 209 Å². The minimum Gasteiger partial charge on any atom is -0.493 e. The topological polar surface area (TPSA) is 152 Å². The number of H-pyrrole nitrogens is 1. The van der Waals surface area contributed by atoms with Gasteiger partial charge in [-0.05, 0) is 30.7 Å². The highest BCUT2D eigenvalue weighted by Gasteiger charge is 2.22. The first-order valence-corrected chi connectivity index (χ1v) is 11.5. The molecule has 0 unspecified atom stereocenters. The van der Waals surface area contributed by atoms with Gasteiger partial charge in [0, 0.05) is 19.5 Å². The molecule has 12 nitrogen and oxygen atoms in total. The number of imidazole rings is 1. The molecule has 190 valence electrons. The van der Waals surface area contributed by atoms with Crippen LogP contribution >= 0.6 is 0 Å². The van der Waals surface area contributed by atoms with Crippen molar-refractivity contribution in [3.63, 3.8) is 0 Å². The molecule has 0 fully saturated rings. The molecule has 3 N–H and O–H groups in total. The highest BCUT2D eigenvalue weighted by atomic mass is 16.5. The molecular formula is C25H25N7O5. The Bertz CT molecular complexity index is 1780. The molecule has 1 atom stereocenters. The van der Waals surface area contributed by atoms with E-state index in [1.807, 2.05) is 31.2 Å². The second-order valence-corrected chi connectivity index (χ2v) is 8.75. The van der Waals surface area contributed by atoms with Crippen molar-refractivity contribution in [2.24, 2.45) is 24.3 Å². The maximum absolute atomic E-state index is 13.1. The van der Waals surface area contributed by atoms with Crippen LogP contribution < -0.4 is 16.0 Å². The van der Waals surface area contributed by atoms with Crippen molar-refractivity contribution in [1.29, 1.82) is 0 Å². The number of para-hydroxylation sites is 1. The Morgan fingerprint density at radius 1 is 1.08 bits per heavy atom. The molecule has 5 rings (SSSR count). The van der Waals surface area contributed by atoms with Crippen LogP contribution in [-0.2, 0) is 20.6 Å². The van der Waals surface area contributed by atoms with Gasteiger partial charge >= 0.3 is 5.69 Å². The van der Waals surface area contributed by atoms with E-state index in [0.29, 0.717) is 16.7 Å². The van der Waals surface area contributed by atoms with Crippen molar-refractivity contribution >= 4 is 33.7 Å². The summed E-state index contributed by atoms with van der Waals surface area (Å²) in [6.45, 7) is 1.77. The van der Waals surface area contributed by atoms with Crippen LogP contribution in [0, 0.1) is 6.92 Å². The molecule has 12 heteroatoms. The van der Waals surface area contributed by atoms with Crippen molar-refractivity contribution in [1.82, 2.24) is 23.7 Å². The van der Waals surface area contributed by atoms with Gasteiger partial charge in [0.05, 0.1) is 12.1 Å². The Hall–Kier alpha value is -4.71. The van der Waals surface area contributed by atoms with Crippen LogP contribution in [0.4, 0.5) is 11.6 Å². The minimum atomic E-state index is -1.05. The van der Waals surface area contributed by atoms with E-state index >= 15 is 0 Å². The fraction of sp³-hybridized carbons (Fsp3) is 0.240. The van der Waals surface area contributed by atoms with Gasteiger partial charge in [0.15, 0.2) is 16.9 Å². The second-order valence-electron chi connectivity index (χ2n) is 8.75. The molecule has 3 aromatic heterocycles. The predicted molar refractivity (Wildman–Crippen MR) is 137 cm³/mol. The molecule has 2 aromatic carbocycles. The van der Waals surface area contributed by atoms with E-state index in [9.17, 15) is 19.8 Å². The lowest BCUT2D eigenvalue weighted by molar-refractivity contribution is 0.0937. The number of aromatic nitrogens is 5. The monoisotopic (exact) mass is 503 g/mol. The zero-order valence-corrected chi connectivity index (χ0v) is 20.4. The number of nitrogens with one attached hydrogen (secondary N) is 1. The van der Waals surface area contributed by atoms with Gasteiger partial charge in [0.25, 0.3) is 11.5 Å². The Kier molecular flexibility index (Phi) is 6.09. The van der Waals surface area contributed by atoms with E-state index in [4.69, 9.17) is 4.74 Å². The number of benzene rings is 2. The number of ether oxygens (including phenoxy) is 1. The summed E-state index contributed by atoms with van der Waals surface area (Å²) in [5.41, 5.74) is 0.910. The Morgan fingerprint density at radius 2 is 1.86 bits per heavy atom. The van der Waals surface area contributed by atoms with Gasteiger partial charge < -0.3 is 19.9 Å². The lowest BCUT2D eigenvalue weighted by atomic mass is 10.2. The number of aromatic amines is 1. The number of rotatable bonds is 7. The third kappa shape index (κ3) is 4.38. The Balaban J connectivity index is 1.56. The van der Waals surface area contributed by atoms with E-state index in [1.54, 1.807) is 24.3 Å². The Morgan fingerprint density at radius 3 is 2.65 bits per heavy atom. The predicted octanol–water partition coefficient (Wildman–Crippen LogP) is 2.78. The third-order valence-electron chi connectivity index (χ3n) is 6.05. The van der Waals surface area contributed by atoms with E-state index in [2.05, 4.69) is 20.2 Å². The minimum absolute atomic E-state index is 0.0208. The van der Waals surface area contributed by atoms with Crippen LogP contribution in [0.3, 0.4) is 0 Å². The molecule has 0 aliphatic heterocycles. The van der Waals surface area contributed by atoms with Crippen LogP contribution in [0.25, 0.3) is 22.1 Å². The van der Waals surface area contributed by atoms with Crippen molar-refractivity contribution < 1.29 is 14.9 Å². The summed E-state index contributed by atoms with van der Waals surface area (Å²) in [5.74, 6) is 0.401. The summed E-state index contributed by atoms with van der Waals surface area (Å²) < 4.78 is 9.30. The lowest BCUT2D eigenvalue weighted by Gasteiger charge is -2.14. The first kappa shape index (κ1) is 24.0. The average molecular weight is 504 g/mol. The van der Waals surface area contributed by atoms with E-state index < -0.39 is 17.4 Å². The van der Waals surface area contributed by atoms with Crippen molar-refractivity contribution in [2.45, 2.75) is 19.6 Å². The van der Waals surface area contributed by atoms with Crippen LogP contribution in [0.5, 0.6) is 11.6 Å². The van der Waals surface area contributed by atoms with Crippen molar-refractivity contribution in [2.75, 3.05) is 6.61 Å². The van der Waals surface area contributed by atoms with Crippen molar-refractivity contribution in [3.05, 3.63) is 74.9 Å². The number of nitrogens with zero attached hydrogens (tertiary/aromatic N) is 6. The largest absolute Gasteiger partial charge is 0.493 e. The molecule has 37 heavy (non-hydrogen) atoms. The van der Waals surface area contributed by atoms with Gasteiger partial charge in [-0.1, -0.05) is 30.3 Å². The molecule has 3 heterocycles. The average Bonchev–Trinajstić information content (AvgIpc) is 3.40. The van der Waals surface area contributed by atoms with Crippen LogP contribution in [0.15, 0.2) is 68.3 Å². The molecule has 0 saturated heterocycles. The summed E-state index contributed by atoms with van der Waals surface area (Å²) in [6.07, 6.45) is -1.05. The van der Waals surface area contributed by atoms with Crippen molar-refractivity contribution in [3.8, 4) is 11.6 Å². The zero-order chi connectivity index (χ0) is 26.3. The number of aromatic hydroxyl groups is 1. The SMILES string of the molecule is Cc1cccc(OC[C@H](O)Cn2c(N=Nc3c(O)[nH]c4ccccc34)nc3c2c(=O)n(C)c(=O)n3C)c1. The lowest BCUT2D eigenvalue weighted by Crippen LogP contribution is -2.38. The van der Waals surface area contributed by atoms with E-state index in [-0.39, 0.29) is 41.8 Å². The summed E-state index contributed by atoms with van der Waals surface area (Å²) in [5, 5.41) is 30.2. The van der Waals surface area contributed by atoms with E-state index in [1.165, 1.54) is 23.2 Å². The number of aliphatic hydroxyl groups excluding tert-OH is 1. The van der Waals surface area contributed by atoms with E-state index in [0.717, 1.165) is 10.1 Å². The normalized spacial score (nSPS) is 12.6. The molecule has 0 saturated carbocycles. The number of hydrogen-bond acceptors (Lipinski definition) is 8. The van der Waals surface area contributed by atoms with Gasteiger partial charge in [-0.2, -0.15) is 4.98 Å². The number of aliphatic hydroxyl groups is 1. The summed E-state index contributed by atoms with van der Waals surface area (Å²) in [4.78, 5) is 32.7. The van der Waals surface area contributed by atoms with Gasteiger partial charge in [-0.15, -0.1) is 10.2 Å². The standard InChI is InChI=1S/C25H25N7O5/c1-14-7-6-8-16(11-14)37-13-15(33)12-32-20-21(30(2)25(36)31(3)23(20)35)27-24(32)29-28-19-17-9-4-5-10-18(17)26-22(19)34/h4-11,15,26,33-34H,12-13H2,1-3H3/t15-/m1/s1. The molecule has 0 radical (unpaired) electrons. The molecule has 0 aliphatic rings. The maximum atomic E-state index is 13.1. The van der Waals surface area contributed by atoms with Crippen LogP contribution in [-0.4, -0.2) is 46.6 Å². The zero-order valence-electron chi connectivity index (χ0n) is 20.4. The first-order valence-electron chi connectivity index (χ1n) is 11.5.